The van der Waals surface area contributed by atoms with Gasteiger partial charge in [0, 0.05) is 36.5 Å². The summed E-state index contributed by atoms with van der Waals surface area (Å²) in [5.74, 6) is 0.234. The summed E-state index contributed by atoms with van der Waals surface area (Å²) in [4.78, 5) is 27.5. The van der Waals surface area contributed by atoms with Crippen molar-refractivity contribution in [1.29, 1.82) is 0 Å². The molecule has 1 aliphatic carbocycles. The summed E-state index contributed by atoms with van der Waals surface area (Å²) in [5, 5.41) is 8.19. The molecule has 2 fully saturated rings. The zero-order valence-electron chi connectivity index (χ0n) is 14.1. The molecule has 0 aromatic carbocycles. The maximum atomic E-state index is 12.3. The highest BCUT2D eigenvalue weighted by molar-refractivity contribution is 7.09. The van der Waals surface area contributed by atoms with Crippen molar-refractivity contribution in [2.45, 2.75) is 63.5 Å². The molecule has 24 heavy (non-hydrogen) atoms. The summed E-state index contributed by atoms with van der Waals surface area (Å²) >= 11 is 1.71. The maximum Gasteiger partial charge on any atom is 0.315 e. The lowest BCUT2D eigenvalue weighted by molar-refractivity contribution is -0.132. The van der Waals surface area contributed by atoms with E-state index in [0.29, 0.717) is 12.5 Å². The molecule has 1 aromatic heterocycles. The molecule has 0 unspecified atom stereocenters. The molecule has 132 valence electrons. The molecule has 0 spiro atoms. The van der Waals surface area contributed by atoms with Crippen molar-refractivity contribution < 1.29 is 9.59 Å². The highest BCUT2D eigenvalue weighted by atomic mass is 32.1. The first-order chi connectivity index (χ1) is 11.7. The smallest absolute Gasteiger partial charge is 0.315 e. The Morgan fingerprint density at radius 2 is 1.75 bits per heavy atom. The van der Waals surface area contributed by atoms with E-state index in [4.69, 9.17) is 0 Å². The molecular formula is C18H27N3O2S. The lowest BCUT2D eigenvalue weighted by atomic mass is 10.0. The predicted octanol–water partition coefficient (Wildman–Crippen LogP) is 2.91. The van der Waals surface area contributed by atoms with Crippen LogP contribution in [-0.2, 0) is 11.2 Å². The fourth-order valence-corrected chi connectivity index (χ4v) is 4.31. The molecule has 0 radical (unpaired) electrons. The lowest BCUT2D eigenvalue weighted by Gasteiger charge is -2.32. The molecule has 1 saturated heterocycles. The first-order valence-corrected chi connectivity index (χ1v) is 9.96. The van der Waals surface area contributed by atoms with Gasteiger partial charge in [0.05, 0.1) is 0 Å². The highest BCUT2D eigenvalue weighted by Gasteiger charge is 2.24. The van der Waals surface area contributed by atoms with E-state index in [1.54, 1.807) is 11.3 Å². The zero-order chi connectivity index (χ0) is 16.8. The first kappa shape index (κ1) is 17.3. The molecule has 2 heterocycles. The second-order valence-electron chi connectivity index (χ2n) is 6.83. The van der Waals surface area contributed by atoms with Crippen molar-refractivity contribution in [3.05, 3.63) is 22.4 Å². The Morgan fingerprint density at radius 1 is 1.08 bits per heavy atom. The van der Waals surface area contributed by atoms with E-state index in [0.717, 1.165) is 45.2 Å². The number of hydrogen-bond acceptors (Lipinski definition) is 3. The van der Waals surface area contributed by atoms with E-state index >= 15 is 0 Å². The van der Waals surface area contributed by atoms with Crippen LogP contribution in [0, 0.1) is 0 Å². The van der Waals surface area contributed by atoms with Gasteiger partial charge >= 0.3 is 6.03 Å². The molecule has 1 aliphatic heterocycles. The van der Waals surface area contributed by atoms with Crippen molar-refractivity contribution in [1.82, 2.24) is 15.5 Å². The quantitative estimate of drug-likeness (QED) is 0.858. The van der Waals surface area contributed by atoms with E-state index in [2.05, 4.69) is 16.7 Å². The Bertz CT molecular complexity index is 532. The van der Waals surface area contributed by atoms with Gasteiger partial charge in [-0.3, -0.25) is 4.79 Å². The van der Waals surface area contributed by atoms with Gasteiger partial charge in [-0.1, -0.05) is 18.9 Å². The second kappa shape index (κ2) is 8.51. The monoisotopic (exact) mass is 349 g/mol. The van der Waals surface area contributed by atoms with E-state index in [1.165, 1.54) is 17.7 Å². The van der Waals surface area contributed by atoms with E-state index in [1.807, 2.05) is 16.3 Å². The number of likely N-dealkylation sites (tertiary alicyclic amines) is 1. The van der Waals surface area contributed by atoms with Crippen molar-refractivity contribution in [2.75, 3.05) is 13.1 Å². The summed E-state index contributed by atoms with van der Waals surface area (Å²) in [6, 6.07) is 4.61. The number of thiophene rings is 1. The normalized spacial score (nSPS) is 19.4. The van der Waals surface area contributed by atoms with Gasteiger partial charge in [-0.05, 0) is 43.6 Å². The number of carbonyl (C=O) groups excluding carboxylic acids is 2. The van der Waals surface area contributed by atoms with Crippen LogP contribution in [0.25, 0.3) is 0 Å². The van der Waals surface area contributed by atoms with Crippen molar-refractivity contribution in [3.8, 4) is 0 Å². The third-order valence-electron chi connectivity index (χ3n) is 5.04. The number of amides is 3. The largest absolute Gasteiger partial charge is 0.343 e. The van der Waals surface area contributed by atoms with Crippen LogP contribution in [0.1, 0.15) is 49.8 Å². The van der Waals surface area contributed by atoms with Crippen LogP contribution in [0.4, 0.5) is 4.79 Å². The Morgan fingerprint density at radius 3 is 2.38 bits per heavy atom. The molecule has 5 nitrogen and oxygen atoms in total. The van der Waals surface area contributed by atoms with Gasteiger partial charge in [0.15, 0.2) is 0 Å². The summed E-state index contributed by atoms with van der Waals surface area (Å²) in [6.45, 7) is 1.50. The molecule has 2 N–H and O–H groups in total. The SMILES string of the molecule is O=C(NC1CCCC1)NC1CCN(C(=O)CCc2cccs2)CC1. The zero-order valence-corrected chi connectivity index (χ0v) is 14.9. The fourth-order valence-electron chi connectivity index (χ4n) is 3.60. The van der Waals surface area contributed by atoms with Crippen LogP contribution in [-0.4, -0.2) is 42.0 Å². The van der Waals surface area contributed by atoms with Crippen LogP contribution >= 0.6 is 11.3 Å². The fraction of sp³-hybridized carbons (Fsp3) is 0.667. The van der Waals surface area contributed by atoms with Gasteiger partial charge in [0.2, 0.25) is 5.91 Å². The molecule has 3 rings (SSSR count). The van der Waals surface area contributed by atoms with Crippen LogP contribution in [0.15, 0.2) is 17.5 Å². The average molecular weight is 350 g/mol. The number of hydrogen-bond donors (Lipinski definition) is 2. The predicted molar refractivity (Wildman–Crippen MR) is 96.2 cm³/mol. The number of rotatable bonds is 5. The molecular weight excluding hydrogens is 322 g/mol. The Balaban J connectivity index is 1.34. The highest BCUT2D eigenvalue weighted by Crippen LogP contribution is 2.18. The van der Waals surface area contributed by atoms with Crippen molar-refractivity contribution in [3.63, 3.8) is 0 Å². The van der Waals surface area contributed by atoms with Gasteiger partial charge in [-0.2, -0.15) is 0 Å². The van der Waals surface area contributed by atoms with Crippen molar-refractivity contribution >= 4 is 23.3 Å². The van der Waals surface area contributed by atoms with Gasteiger partial charge < -0.3 is 15.5 Å². The van der Waals surface area contributed by atoms with Gasteiger partial charge in [0.1, 0.15) is 0 Å². The number of nitrogens with one attached hydrogen (secondary N) is 2. The Kier molecular flexibility index (Phi) is 6.12. The maximum absolute atomic E-state index is 12.3. The van der Waals surface area contributed by atoms with Gasteiger partial charge in [0.25, 0.3) is 0 Å². The van der Waals surface area contributed by atoms with Crippen LogP contribution in [0.3, 0.4) is 0 Å². The Hall–Kier alpha value is -1.56. The first-order valence-electron chi connectivity index (χ1n) is 9.08. The topological polar surface area (TPSA) is 61.4 Å². The third-order valence-corrected chi connectivity index (χ3v) is 5.97. The average Bonchev–Trinajstić information content (AvgIpc) is 3.27. The van der Waals surface area contributed by atoms with E-state index in [-0.39, 0.29) is 18.0 Å². The Labute approximate surface area is 147 Å². The molecule has 0 atom stereocenters. The van der Waals surface area contributed by atoms with Crippen LogP contribution < -0.4 is 10.6 Å². The second-order valence-corrected chi connectivity index (χ2v) is 7.87. The van der Waals surface area contributed by atoms with E-state index < -0.39 is 0 Å². The molecule has 6 heteroatoms. The third kappa shape index (κ3) is 4.97. The number of nitrogens with zero attached hydrogens (tertiary/aromatic N) is 1. The summed E-state index contributed by atoms with van der Waals surface area (Å²) in [5.41, 5.74) is 0. The van der Waals surface area contributed by atoms with Crippen LogP contribution in [0.2, 0.25) is 0 Å². The van der Waals surface area contributed by atoms with Gasteiger partial charge in [-0.15, -0.1) is 11.3 Å². The minimum absolute atomic E-state index is 0.0376. The standard InChI is InChI=1S/C18H27N3O2S/c22-17(8-7-16-6-3-13-24-16)21-11-9-15(10-12-21)20-18(23)19-14-4-1-2-5-14/h3,6,13-15H,1-2,4-5,7-12H2,(H2,19,20,23). The molecule has 0 bridgehead atoms. The number of carbonyl (C=O) groups is 2. The summed E-state index contributed by atoms with van der Waals surface area (Å²) < 4.78 is 0. The molecule has 1 aromatic rings. The molecule has 2 aliphatic rings. The number of urea groups is 1. The summed E-state index contributed by atoms with van der Waals surface area (Å²) in [6.07, 6.45) is 7.76. The van der Waals surface area contributed by atoms with Crippen LogP contribution in [0.5, 0.6) is 0 Å². The molecule has 3 amide bonds. The minimum Gasteiger partial charge on any atom is -0.343 e. The van der Waals surface area contributed by atoms with Crippen molar-refractivity contribution in [2.24, 2.45) is 0 Å². The number of piperidine rings is 1. The summed E-state index contributed by atoms with van der Waals surface area (Å²) in [7, 11) is 0. The van der Waals surface area contributed by atoms with E-state index in [9.17, 15) is 9.59 Å². The number of aryl methyl sites for hydroxylation is 1. The van der Waals surface area contributed by atoms with Gasteiger partial charge in [-0.25, -0.2) is 4.79 Å². The molecule has 1 saturated carbocycles. The minimum atomic E-state index is -0.0376. The lowest BCUT2D eigenvalue weighted by Crippen LogP contribution is -2.50.